The summed E-state index contributed by atoms with van der Waals surface area (Å²) >= 11 is 0. The standard InChI is InChI=1S/C64H44N2/c1-63(2)57-39-43(35-37-50(57)51-38-36-44(40-58(51)63)62-65-59(41-19-5-3-6-20-41)33-18-34-60(66-62)42-21-7-4-8-22-42)45-28-17-32-56-61(45)52-27-13-16-31-55(52)64(56)53-29-14-11-25-48(53)46-23-9-10-24-47(46)49-26-12-15-30-54(49)64/h3-32,35-40H,33H2,1-2H3. The van der Waals surface area contributed by atoms with E-state index in [0.717, 1.165) is 28.1 Å². The fraction of sp³-hybridized carbons (Fsp3) is 0.0781. The van der Waals surface area contributed by atoms with Crippen molar-refractivity contribution in [3.8, 4) is 55.6 Å². The van der Waals surface area contributed by atoms with E-state index < -0.39 is 5.41 Å². The molecule has 0 bridgehead atoms. The van der Waals surface area contributed by atoms with Crippen LogP contribution in [0.5, 0.6) is 0 Å². The van der Waals surface area contributed by atoms with Crippen LogP contribution in [-0.4, -0.2) is 11.5 Å². The maximum atomic E-state index is 5.34. The molecule has 0 aromatic heterocycles. The summed E-state index contributed by atoms with van der Waals surface area (Å²) in [7, 11) is 0. The van der Waals surface area contributed by atoms with Crippen LogP contribution in [0.2, 0.25) is 0 Å². The topological polar surface area (TPSA) is 24.7 Å². The van der Waals surface area contributed by atoms with E-state index >= 15 is 0 Å². The van der Waals surface area contributed by atoms with E-state index in [4.69, 9.17) is 9.98 Å². The average Bonchev–Trinajstić information content (AvgIpc) is 3.75. The van der Waals surface area contributed by atoms with Gasteiger partial charge in [0, 0.05) is 23.0 Å². The molecule has 9 aromatic rings. The Labute approximate surface area is 386 Å². The van der Waals surface area contributed by atoms with E-state index in [9.17, 15) is 0 Å². The van der Waals surface area contributed by atoms with E-state index in [-0.39, 0.29) is 5.41 Å². The van der Waals surface area contributed by atoms with Crippen molar-refractivity contribution in [3.05, 3.63) is 274 Å². The summed E-state index contributed by atoms with van der Waals surface area (Å²) in [5.74, 6) is 0.695. The lowest BCUT2D eigenvalue weighted by Crippen LogP contribution is -2.29. The van der Waals surface area contributed by atoms with Crippen LogP contribution >= 0.6 is 0 Å². The first-order chi connectivity index (χ1) is 32.5. The fourth-order valence-electron chi connectivity index (χ4n) is 11.6. The summed E-state index contributed by atoms with van der Waals surface area (Å²) in [6, 6.07) is 78.2. The average molecular weight is 841 g/mol. The highest BCUT2D eigenvalue weighted by molar-refractivity contribution is 6.14. The lowest BCUT2D eigenvalue weighted by molar-refractivity contribution is 0.660. The van der Waals surface area contributed by atoms with Crippen molar-refractivity contribution in [2.45, 2.75) is 31.1 Å². The smallest absolute Gasteiger partial charge is 0.160 e. The zero-order valence-corrected chi connectivity index (χ0v) is 36.9. The van der Waals surface area contributed by atoms with Gasteiger partial charge >= 0.3 is 0 Å². The maximum absolute atomic E-state index is 5.34. The first kappa shape index (κ1) is 38.3. The van der Waals surface area contributed by atoms with Gasteiger partial charge < -0.3 is 0 Å². The van der Waals surface area contributed by atoms with Crippen LogP contribution in [0.4, 0.5) is 0 Å². The molecular formula is C64H44N2. The largest absolute Gasteiger partial charge is 0.232 e. The van der Waals surface area contributed by atoms with E-state index in [0.29, 0.717) is 12.3 Å². The summed E-state index contributed by atoms with van der Waals surface area (Å²) in [6.07, 6.45) is 2.72. The van der Waals surface area contributed by atoms with Crippen LogP contribution in [0.3, 0.4) is 0 Å². The molecule has 1 heterocycles. The molecule has 0 N–H and O–H groups in total. The summed E-state index contributed by atoms with van der Waals surface area (Å²) in [5.41, 5.74) is 28.2. The second-order valence-corrected chi connectivity index (χ2v) is 18.4. The summed E-state index contributed by atoms with van der Waals surface area (Å²) in [5, 5.41) is 0. The van der Waals surface area contributed by atoms with Gasteiger partial charge in [-0.1, -0.05) is 220 Å². The number of hydrogen-bond donors (Lipinski definition) is 0. The third-order valence-corrected chi connectivity index (χ3v) is 14.6. The molecule has 2 nitrogen and oxygen atoms in total. The van der Waals surface area contributed by atoms with Gasteiger partial charge in [-0.15, -0.1) is 0 Å². The van der Waals surface area contributed by atoms with Crippen molar-refractivity contribution in [3.63, 3.8) is 0 Å². The number of benzene rings is 9. The zero-order chi connectivity index (χ0) is 44.0. The molecule has 9 aromatic carbocycles. The highest BCUT2D eigenvalue weighted by Crippen LogP contribution is 2.63. The molecule has 2 heteroatoms. The molecule has 13 rings (SSSR count). The van der Waals surface area contributed by atoms with Crippen molar-refractivity contribution in [1.29, 1.82) is 0 Å². The van der Waals surface area contributed by atoms with Crippen LogP contribution in [0.25, 0.3) is 61.3 Å². The van der Waals surface area contributed by atoms with Gasteiger partial charge in [0.05, 0.1) is 11.1 Å². The highest BCUT2D eigenvalue weighted by Gasteiger charge is 2.50. The molecule has 0 saturated carbocycles. The quantitative estimate of drug-likeness (QED) is 0.158. The molecule has 0 fully saturated rings. The highest BCUT2D eigenvalue weighted by atomic mass is 14.9. The normalized spacial score (nSPS) is 15.3. The second kappa shape index (κ2) is 14.7. The van der Waals surface area contributed by atoms with Crippen LogP contribution in [-0.2, 0) is 10.8 Å². The van der Waals surface area contributed by atoms with Gasteiger partial charge in [0.1, 0.15) is 5.70 Å². The Balaban J connectivity index is 0.966. The lowest BCUT2D eigenvalue weighted by atomic mass is 9.66. The van der Waals surface area contributed by atoms with Gasteiger partial charge in [-0.3, -0.25) is 0 Å². The Kier molecular flexibility index (Phi) is 8.53. The second-order valence-electron chi connectivity index (χ2n) is 18.4. The lowest BCUT2D eigenvalue weighted by Gasteiger charge is -2.35. The SMILES string of the molecule is CC1(C)c2cc(C3=NC(c4ccccc4)=C=CCC(c4ccccc4)=N3)ccc2-c2ccc(-c3cccc4c3-c3ccccc3C43c4ccccc4-c4ccccc4-c4ccccc43)cc21. The molecule has 0 unspecified atom stereocenters. The molecule has 0 atom stereocenters. The van der Waals surface area contributed by atoms with E-state index in [1.165, 1.54) is 89.0 Å². The number of aliphatic imine (C=N–C) groups is 2. The molecule has 1 spiro atoms. The zero-order valence-electron chi connectivity index (χ0n) is 36.9. The minimum atomic E-state index is -0.523. The van der Waals surface area contributed by atoms with Crippen molar-refractivity contribution >= 4 is 17.2 Å². The molecule has 4 aliphatic rings. The summed E-state index contributed by atoms with van der Waals surface area (Å²) < 4.78 is 0. The van der Waals surface area contributed by atoms with Gasteiger partial charge in [-0.25, -0.2) is 9.98 Å². The summed E-state index contributed by atoms with van der Waals surface area (Å²) in [6.45, 7) is 4.75. The predicted octanol–water partition coefficient (Wildman–Crippen LogP) is 15.5. The Morgan fingerprint density at radius 1 is 0.364 bits per heavy atom. The van der Waals surface area contributed by atoms with Gasteiger partial charge in [0.25, 0.3) is 0 Å². The first-order valence-electron chi connectivity index (χ1n) is 23.0. The maximum Gasteiger partial charge on any atom is 0.160 e. The van der Waals surface area contributed by atoms with Crippen LogP contribution in [0, 0.1) is 0 Å². The predicted molar refractivity (Wildman–Crippen MR) is 273 cm³/mol. The van der Waals surface area contributed by atoms with Crippen LogP contribution in [0.15, 0.2) is 234 Å². The molecule has 0 saturated heterocycles. The minimum absolute atomic E-state index is 0.287. The monoisotopic (exact) mass is 840 g/mol. The van der Waals surface area contributed by atoms with Crippen molar-refractivity contribution in [2.24, 2.45) is 9.98 Å². The minimum Gasteiger partial charge on any atom is -0.232 e. The van der Waals surface area contributed by atoms with Gasteiger partial charge in [0.15, 0.2) is 5.84 Å². The van der Waals surface area contributed by atoms with Gasteiger partial charge in [-0.05, 0) is 113 Å². The Morgan fingerprint density at radius 2 is 0.833 bits per heavy atom. The van der Waals surface area contributed by atoms with E-state index in [2.05, 4.69) is 226 Å². The third kappa shape index (κ3) is 5.56. The Hall–Kier alpha value is -8.16. The molecule has 1 aliphatic heterocycles. The number of amidine groups is 1. The van der Waals surface area contributed by atoms with Crippen LogP contribution in [0.1, 0.15) is 70.3 Å². The van der Waals surface area contributed by atoms with Crippen molar-refractivity contribution in [1.82, 2.24) is 0 Å². The molecule has 3 aliphatic carbocycles. The molecule has 310 valence electrons. The Bertz CT molecular complexity index is 3550. The molecule has 0 radical (unpaired) electrons. The third-order valence-electron chi connectivity index (χ3n) is 14.6. The molecule has 66 heavy (non-hydrogen) atoms. The van der Waals surface area contributed by atoms with Gasteiger partial charge in [-0.2, -0.15) is 0 Å². The number of rotatable bonds is 4. The van der Waals surface area contributed by atoms with Crippen LogP contribution < -0.4 is 0 Å². The molecular weight excluding hydrogens is 797 g/mol. The first-order valence-corrected chi connectivity index (χ1v) is 23.0. The number of hydrogen-bond acceptors (Lipinski definition) is 2. The Morgan fingerprint density at radius 3 is 1.47 bits per heavy atom. The fourth-order valence-corrected chi connectivity index (χ4v) is 11.6. The number of fused-ring (bicyclic) bond motifs is 15. The van der Waals surface area contributed by atoms with E-state index in [1.807, 2.05) is 12.1 Å². The number of nitrogens with zero attached hydrogens (tertiary/aromatic N) is 2. The molecule has 0 amide bonds. The van der Waals surface area contributed by atoms with E-state index in [1.54, 1.807) is 0 Å². The van der Waals surface area contributed by atoms with Crippen molar-refractivity contribution < 1.29 is 0 Å². The summed E-state index contributed by atoms with van der Waals surface area (Å²) in [4.78, 5) is 10.6. The van der Waals surface area contributed by atoms with Gasteiger partial charge in [0.2, 0.25) is 0 Å². The number of allylic oxidation sites excluding steroid dienone is 1. The van der Waals surface area contributed by atoms with Crippen molar-refractivity contribution in [2.75, 3.05) is 0 Å².